The number of alkyl halides is 2. The van der Waals surface area contributed by atoms with Gasteiger partial charge in [0.05, 0.1) is 23.7 Å². The van der Waals surface area contributed by atoms with Gasteiger partial charge in [-0.3, -0.25) is 9.78 Å². The van der Waals surface area contributed by atoms with Crippen LogP contribution in [-0.4, -0.2) is 22.4 Å². The van der Waals surface area contributed by atoms with Crippen molar-refractivity contribution >= 4 is 34.9 Å². The molecule has 3 aromatic rings. The van der Waals surface area contributed by atoms with E-state index < -0.39 is 12.5 Å². The van der Waals surface area contributed by atoms with E-state index >= 15 is 0 Å². The van der Waals surface area contributed by atoms with E-state index in [0.29, 0.717) is 11.6 Å². The molecule has 0 unspecified atom stereocenters. The van der Waals surface area contributed by atoms with Gasteiger partial charge in [0, 0.05) is 24.3 Å². The molecule has 3 rings (SSSR count). The number of anilines is 1. The molecule has 6 nitrogen and oxygen atoms in total. The second-order valence-electron chi connectivity index (χ2n) is 6.97. The molecule has 0 spiro atoms. The lowest BCUT2D eigenvalue weighted by atomic mass is 10.1. The van der Waals surface area contributed by atoms with Gasteiger partial charge < -0.3 is 16.4 Å². The number of carbonyl (C=O) groups excluding carboxylic acids is 1. The van der Waals surface area contributed by atoms with Gasteiger partial charge in [0.15, 0.2) is 0 Å². The highest BCUT2D eigenvalue weighted by Crippen LogP contribution is 2.26. The molecule has 32 heavy (non-hydrogen) atoms. The average Bonchev–Trinajstić information content (AvgIpc) is 2.79. The number of nitrogens with two attached hydrogens (primary N) is 1. The zero-order chi connectivity index (χ0) is 23.1. The average molecular weight is 480 g/mol. The van der Waals surface area contributed by atoms with Crippen molar-refractivity contribution in [3.8, 4) is 0 Å². The van der Waals surface area contributed by atoms with Crippen LogP contribution in [0.15, 0.2) is 54.7 Å². The molecule has 2 heterocycles. The maximum atomic E-state index is 14.3. The largest absolute Gasteiger partial charge is 0.364 e. The Morgan fingerprint density at radius 2 is 1.91 bits per heavy atom. The number of nitrogens with one attached hydrogen (secondary N) is 2. The lowest BCUT2D eigenvalue weighted by Gasteiger charge is -2.17. The molecule has 4 N–H and O–H groups in total. The maximum Gasteiger partial charge on any atom is 0.306 e. The number of aromatic nitrogens is 2. The molecule has 10 heteroatoms. The number of amides is 1. The lowest BCUT2D eigenvalue weighted by molar-refractivity contribution is -0.120. The van der Waals surface area contributed by atoms with Crippen LogP contribution in [0.1, 0.15) is 22.5 Å². The minimum Gasteiger partial charge on any atom is -0.364 e. The maximum absolute atomic E-state index is 14.3. The van der Waals surface area contributed by atoms with Crippen molar-refractivity contribution in [2.24, 2.45) is 5.73 Å². The number of carbonyl (C=O) groups is 1. The van der Waals surface area contributed by atoms with Crippen molar-refractivity contribution in [1.29, 1.82) is 0 Å². The van der Waals surface area contributed by atoms with Crippen LogP contribution in [0.4, 0.5) is 14.6 Å². The first-order chi connectivity index (χ1) is 15.3. The molecular formula is C22H21Cl2F2N5O. The molecule has 0 bridgehead atoms. The summed E-state index contributed by atoms with van der Waals surface area (Å²) in [5.74, 6) is -3.36. The molecular weight excluding hydrogens is 459 g/mol. The smallest absolute Gasteiger partial charge is 0.306 e. The van der Waals surface area contributed by atoms with Crippen molar-refractivity contribution < 1.29 is 13.6 Å². The summed E-state index contributed by atoms with van der Waals surface area (Å²) in [6, 6.07) is 12.6. The summed E-state index contributed by atoms with van der Waals surface area (Å²) in [5, 5.41) is 6.15. The SMILES string of the molecule is NCc1ccc(Cl)cc1CNC(=O)Cc1nc(NCC(F)(F)c2ccccn2)ccc1Cl. The lowest BCUT2D eigenvalue weighted by Crippen LogP contribution is -2.27. The van der Waals surface area contributed by atoms with Crippen LogP contribution in [0.5, 0.6) is 0 Å². The Bertz CT molecular complexity index is 1080. The Balaban J connectivity index is 1.62. The van der Waals surface area contributed by atoms with Crippen molar-refractivity contribution in [2.45, 2.75) is 25.4 Å². The molecule has 168 valence electrons. The van der Waals surface area contributed by atoms with Crippen molar-refractivity contribution in [2.75, 3.05) is 11.9 Å². The highest BCUT2D eigenvalue weighted by molar-refractivity contribution is 6.31. The van der Waals surface area contributed by atoms with E-state index in [1.807, 2.05) is 0 Å². The molecule has 0 saturated heterocycles. The number of nitrogens with zero attached hydrogens (tertiary/aromatic N) is 2. The first kappa shape index (κ1) is 23.8. The van der Waals surface area contributed by atoms with Crippen molar-refractivity contribution in [1.82, 2.24) is 15.3 Å². The Morgan fingerprint density at radius 3 is 2.62 bits per heavy atom. The fraction of sp³-hybridized carbons (Fsp3) is 0.227. The van der Waals surface area contributed by atoms with Gasteiger partial charge in [0.25, 0.3) is 0 Å². The summed E-state index contributed by atoms with van der Waals surface area (Å²) in [5.41, 5.74) is 7.30. The fourth-order valence-electron chi connectivity index (χ4n) is 2.94. The summed E-state index contributed by atoms with van der Waals surface area (Å²) in [6.45, 7) is -0.161. The van der Waals surface area contributed by atoms with Gasteiger partial charge in [-0.15, -0.1) is 0 Å². The molecule has 2 aromatic heterocycles. The van der Waals surface area contributed by atoms with Gasteiger partial charge in [-0.2, -0.15) is 8.78 Å². The molecule has 0 aliphatic heterocycles. The first-order valence-corrected chi connectivity index (χ1v) is 10.5. The predicted molar refractivity (Wildman–Crippen MR) is 121 cm³/mol. The van der Waals surface area contributed by atoms with E-state index in [0.717, 1.165) is 11.1 Å². The number of benzene rings is 1. The molecule has 0 fully saturated rings. The van der Waals surface area contributed by atoms with Gasteiger partial charge in [0.1, 0.15) is 11.5 Å². The fourth-order valence-corrected chi connectivity index (χ4v) is 3.31. The van der Waals surface area contributed by atoms with Crippen molar-refractivity contribution in [3.63, 3.8) is 0 Å². The summed E-state index contributed by atoms with van der Waals surface area (Å²) in [4.78, 5) is 20.3. The zero-order valence-electron chi connectivity index (χ0n) is 16.9. The van der Waals surface area contributed by atoms with Crippen LogP contribution in [0, 0.1) is 0 Å². The molecule has 0 radical (unpaired) electrons. The number of pyridine rings is 2. The van der Waals surface area contributed by atoms with Gasteiger partial charge in [-0.25, -0.2) is 4.98 Å². The Hall–Kier alpha value is -2.81. The molecule has 1 amide bonds. The van der Waals surface area contributed by atoms with Crippen LogP contribution in [0.25, 0.3) is 0 Å². The third-order valence-electron chi connectivity index (χ3n) is 4.64. The standard InChI is InChI=1S/C22H21Cl2F2N5O/c23-16-5-4-14(11-27)15(9-16)12-29-21(32)10-18-17(24)6-7-20(31-18)30-13-22(25,26)19-3-1-2-8-28-19/h1-9H,10-13,27H2,(H,29,32)(H,30,31). The first-order valence-electron chi connectivity index (χ1n) is 9.71. The van der Waals surface area contributed by atoms with Gasteiger partial charge in [-0.1, -0.05) is 35.3 Å². The molecule has 0 saturated carbocycles. The van der Waals surface area contributed by atoms with E-state index in [9.17, 15) is 13.6 Å². The van der Waals surface area contributed by atoms with Crippen LogP contribution in [0.2, 0.25) is 10.0 Å². The summed E-state index contributed by atoms with van der Waals surface area (Å²) >= 11 is 12.2. The van der Waals surface area contributed by atoms with Crippen LogP contribution < -0.4 is 16.4 Å². The molecule has 0 aliphatic rings. The van der Waals surface area contributed by atoms with Crippen LogP contribution in [0.3, 0.4) is 0 Å². The topological polar surface area (TPSA) is 92.9 Å². The highest BCUT2D eigenvalue weighted by atomic mass is 35.5. The van der Waals surface area contributed by atoms with E-state index in [-0.39, 0.29) is 41.1 Å². The number of hydrogen-bond donors (Lipinski definition) is 3. The summed E-state index contributed by atoms with van der Waals surface area (Å²) in [6.07, 6.45) is 1.18. The monoisotopic (exact) mass is 479 g/mol. The van der Waals surface area contributed by atoms with Crippen LogP contribution in [-0.2, 0) is 30.2 Å². The summed E-state index contributed by atoms with van der Waals surface area (Å²) in [7, 11) is 0. The second kappa shape index (κ2) is 10.7. The number of hydrogen-bond acceptors (Lipinski definition) is 5. The quantitative estimate of drug-likeness (QED) is 0.425. The molecule has 0 aliphatic carbocycles. The third kappa shape index (κ3) is 6.35. The zero-order valence-corrected chi connectivity index (χ0v) is 18.4. The predicted octanol–water partition coefficient (Wildman–Crippen LogP) is 4.30. The minimum absolute atomic E-state index is 0.122. The number of rotatable bonds is 9. The Morgan fingerprint density at radius 1 is 1.09 bits per heavy atom. The minimum atomic E-state index is -3.20. The van der Waals surface area contributed by atoms with E-state index in [4.69, 9.17) is 28.9 Å². The Labute approximate surface area is 194 Å². The summed E-state index contributed by atoms with van der Waals surface area (Å²) < 4.78 is 28.6. The molecule has 1 aromatic carbocycles. The van der Waals surface area contributed by atoms with E-state index in [2.05, 4.69) is 20.6 Å². The van der Waals surface area contributed by atoms with Gasteiger partial charge in [-0.05, 0) is 47.5 Å². The van der Waals surface area contributed by atoms with Crippen molar-refractivity contribution in [3.05, 3.63) is 87.3 Å². The Kier molecular flexibility index (Phi) is 7.95. The number of halogens is 4. The van der Waals surface area contributed by atoms with Crippen LogP contribution >= 0.6 is 23.2 Å². The third-order valence-corrected chi connectivity index (χ3v) is 5.22. The molecule has 0 atom stereocenters. The van der Waals surface area contributed by atoms with Gasteiger partial charge in [0.2, 0.25) is 5.91 Å². The normalized spacial score (nSPS) is 11.3. The van der Waals surface area contributed by atoms with Gasteiger partial charge >= 0.3 is 5.92 Å². The van der Waals surface area contributed by atoms with E-state index in [1.165, 1.54) is 30.5 Å². The van der Waals surface area contributed by atoms with E-state index in [1.54, 1.807) is 24.3 Å². The second-order valence-corrected chi connectivity index (χ2v) is 7.81. The highest BCUT2D eigenvalue weighted by Gasteiger charge is 2.32.